The zero-order chi connectivity index (χ0) is 20.5. The lowest BCUT2D eigenvalue weighted by molar-refractivity contribution is 0.0952. The van der Waals surface area contributed by atoms with E-state index >= 15 is 0 Å². The fraction of sp³-hybridized carbons (Fsp3) is 0.174. The molecule has 29 heavy (non-hydrogen) atoms. The van der Waals surface area contributed by atoms with Crippen molar-refractivity contribution in [1.82, 2.24) is 20.1 Å². The van der Waals surface area contributed by atoms with Gasteiger partial charge < -0.3 is 5.32 Å². The Morgan fingerprint density at radius 3 is 2.59 bits per heavy atom. The maximum atomic E-state index is 13.1. The van der Waals surface area contributed by atoms with Gasteiger partial charge in [-0.2, -0.15) is 5.10 Å². The summed E-state index contributed by atoms with van der Waals surface area (Å²) in [5.41, 5.74) is 5.88. The first-order valence-corrected chi connectivity index (χ1v) is 9.74. The molecule has 0 atom stereocenters. The van der Waals surface area contributed by atoms with Gasteiger partial charge in [0.2, 0.25) is 0 Å². The molecule has 5 nitrogen and oxygen atoms in total. The molecule has 1 amide bonds. The highest BCUT2D eigenvalue weighted by Gasteiger charge is 2.17. The molecule has 2 aromatic carbocycles. The van der Waals surface area contributed by atoms with Crippen molar-refractivity contribution in [2.24, 2.45) is 7.05 Å². The number of pyridine rings is 1. The van der Waals surface area contributed by atoms with Crippen LogP contribution in [0.3, 0.4) is 0 Å². The molecule has 0 fully saturated rings. The van der Waals surface area contributed by atoms with E-state index in [1.54, 1.807) is 10.9 Å². The summed E-state index contributed by atoms with van der Waals surface area (Å²) < 4.78 is 1.79. The van der Waals surface area contributed by atoms with Crippen LogP contribution in [-0.2, 0) is 13.6 Å². The predicted molar refractivity (Wildman–Crippen MR) is 116 cm³/mol. The van der Waals surface area contributed by atoms with Crippen LogP contribution in [0.1, 0.15) is 27.2 Å². The standard InChI is InChI=1S/C23H21ClN4O/c1-14-20(24)10-9-18-19(23(29)25-12-17-13-26-28(3)15(17)2)11-21(27-22(14)18)16-7-5-4-6-8-16/h4-11,13H,12H2,1-3H3,(H,25,29). The van der Waals surface area contributed by atoms with Crippen LogP contribution in [0.2, 0.25) is 5.02 Å². The molecule has 0 spiro atoms. The Labute approximate surface area is 174 Å². The number of amides is 1. The van der Waals surface area contributed by atoms with Gasteiger partial charge in [-0.25, -0.2) is 4.98 Å². The number of fused-ring (bicyclic) bond motifs is 1. The lowest BCUT2D eigenvalue weighted by Crippen LogP contribution is -2.23. The Balaban J connectivity index is 1.78. The Bertz CT molecular complexity index is 1210. The van der Waals surface area contributed by atoms with E-state index in [0.717, 1.165) is 39.0 Å². The molecule has 2 heterocycles. The summed E-state index contributed by atoms with van der Waals surface area (Å²) in [5, 5.41) is 8.67. The van der Waals surface area contributed by atoms with E-state index < -0.39 is 0 Å². The third kappa shape index (κ3) is 3.61. The average molecular weight is 405 g/mol. The quantitative estimate of drug-likeness (QED) is 0.529. The molecule has 2 aromatic heterocycles. The van der Waals surface area contributed by atoms with Crippen LogP contribution in [0, 0.1) is 13.8 Å². The third-order valence-electron chi connectivity index (χ3n) is 5.26. The molecule has 1 N–H and O–H groups in total. The summed E-state index contributed by atoms with van der Waals surface area (Å²) in [6.45, 7) is 4.32. The van der Waals surface area contributed by atoms with Crippen molar-refractivity contribution in [3.63, 3.8) is 0 Å². The topological polar surface area (TPSA) is 59.8 Å². The molecule has 0 bridgehead atoms. The van der Waals surface area contributed by atoms with Crippen molar-refractivity contribution < 1.29 is 4.79 Å². The molecule has 146 valence electrons. The zero-order valence-electron chi connectivity index (χ0n) is 16.5. The molecule has 0 aliphatic rings. The molecule has 0 saturated heterocycles. The molecule has 0 radical (unpaired) electrons. The van der Waals surface area contributed by atoms with Crippen LogP contribution < -0.4 is 5.32 Å². The first-order valence-electron chi connectivity index (χ1n) is 9.36. The number of aryl methyl sites for hydroxylation is 2. The highest BCUT2D eigenvalue weighted by Crippen LogP contribution is 2.30. The Morgan fingerprint density at radius 1 is 1.14 bits per heavy atom. The molecule has 0 aliphatic carbocycles. The van der Waals surface area contributed by atoms with Gasteiger partial charge in [0.25, 0.3) is 5.91 Å². The highest BCUT2D eigenvalue weighted by atomic mass is 35.5. The van der Waals surface area contributed by atoms with Gasteiger partial charge in [0.05, 0.1) is 23.0 Å². The zero-order valence-corrected chi connectivity index (χ0v) is 17.3. The monoisotopic (exact) mass is 404 g/mol. The van der Waals surface area contributed by atoms with Gasteiger partial charge >= 0.3 is 0 Å². The maximum Gasteiger partial charge on any atom is 0.252 e. The van der Waals surface area contributed by atoms with Crippen LogP contribution >= 0.6 is 11.6 Å². The van der Waals surface area contributed by atoms with Crippen molar-refractivity contribution in [2.45, 2.75) is 20.4 Å². The number of aromatic nitrogens is 3. The third-order valence-corrected chi connectivity index (χ3v) is 5.67. The number of benzene rings is 2. The van der Waals surface area contributed by atoms with Crippen LogP contribution in [-0.4, -0.2) is 20.7 Å². The smallest absolute Gasteiger partial charge is 0.252 e. The second kappa shape index (κ2) is 7.68. The van der Waals surface area contributed by atoms with Crippen LogP contribution in [0.5, 0.6) is 0 Å². The Morgan fingerprint density at radius 2 is 1.90 bits per heavy atom. The van der Waals surface area contributed by atoms with Gasteiger partial charge in [0.15, 0.2) is 0 Å². The van der Waals surface area contributed by atoms with Gasteiger partial charge in [-0.3, -0.25) is 9.48 Å². The number of carbonyl (C=O) groups excluding carboxylic acids is 1. The molecular formula is C23H21ClN4O. The lowest BCUT2D eigenvalue weighted by Gasteiger charge is -2.13. The Kier molecular flexibility index (Phi) is 5.07. The number of nitrogens with one attached hydrogen (secondary N) is 1. The maximum absolute atomic E-state index is 13.1. The van der Waals surface area contributed by atoms with Crippen molar-refractivity contribution in [1.29, 1.82) is 0 Å². The number of nitrogens with zero attached hydrogens (tertiary/aromatic N) is 3. The number of halogens is 1. The summed E-state index contributed by atoms with van der Waals surface area (Å²) >= 11 is 6.33. The summed E-state index contributed by atoms with van der Waals surface area (Å²) in [7, 11) is 1.88. The first-order chi connectivity index (χ1) is 14.0. The van der Waals surface area contributed by atoms with Crippen molar-refractivity contribution in [3.8, 4) is 11.3 Å². The van der Waals surface area contributed by atoms with Gasteiger partial charge in [-0.05, 0) is 31.5 Å². The van der Waals surface area contributed by atoms with Crippen LogP contribution in [0.4, 0.5) is 0 Å². The molecule has 4 rings (SSSR count). The minimum absolute atomic E-state index is 0.153. The van der Waals surface area contributed by atoms with E-state index in [2.05, 4.69) is 10.4 Å². The van der Waals surface area contributed by atoms with Gasteiger partial charge in [0, 0.05) is 40.8 Å². The van der Waals surface area contributed by atoms with E-state index in [1.807, 2.05) is 69.4 Å². The van der Waals surface area contributed by atoms with Crippen LogP contribution in [0.15, 0.2) is 54.7 Å². The minimum Gasteiger partial charge on any atom is -0.348 e. The van der Waals surface area contributed by atoms with Gasteiger partial charge in [-0.1, -0.05) is 48.0 Å². The summed E-state index contributed by atoms with van der Waals surface area (Å²) in [6, 6.07) is 15.3. The molecular weight excluding hydrogens is 384 g/mol. The van der Waals surface area contributed by atoms with E-state index in [-0.39, 0.29) is 5.91 Å². The second-order valence-electron chi connectivity index (χ2n) is 7.05. The second-order valence-corrected chi connectivity index (χ2v) is 7.46. The number of carbonyl (C=O) groups is 1. The number of hydrogen-bond acceptors (Lipinski definition) is 3. The molecule has 0 aliphatic heterocycles. The Hall–Kier alpha value is -3.18. The molecule has 0 saturated carbocycles. The predicted octanol–water partition coefficient (Wildman–Crippen LogP) is 4.84. The minimum atomic E-state index is -0.153. The van der Waals surface area contributed by atoms with Crippen molar-refractivity contribution in [2.75, 3.05) is 0 Å². The van der Waals surface area contributed by atoms with Crippen molar-refractivity contribution >= 4 is 28.4 Å². The summed E-state index contributed by atoms with van der Waals surface area (Å²) in [4.78, 5) is 17.9. The van der Waals surface area contributed by atoms with E-state index in [4.69, 9.17) is 16.6 Å². The SMILES string of the molecule is Cc1c(Cl)ccc2c(C(=O)NCc3cnn(C)c3C)cc(-c3ccccc3)nc12. The normalized spacial score (nSPS) is 11.0. The average Bonchev–Trinajstić information content (AvgIpc) is 3.06. The van der Waals surface area contributed by atoms with Crippen molar-refractivity contribution in [3.05, 3.63) is 82.1 Å². The van der Waals surface area contributed by atoms with Crippen LogP contribution in [0.25, 0.3) is 22.2 Å². The van der Waals surface area contributed by atoms with E-state index in [1.165, 1.54) is 0 Å². The number of rotatable bonds is 4. The molecule has 0 unspecified atom stereocenters. The fourth-order valence-electron chi connectivity index (χ4n) is 3.34. The molecule has 6 heteroatoms. The highest BCUT2D eigenvalue weighted by molar-refractivity contribution is 6.32. The largest absolute Gasteiger partial charge is 0.348 e. The van der Waals surface area contributed by atoms with E-state index in [0.29, 0.717) is 17.1 Å². The van der Waals surface area contributed by atoms with Gasteiger partial charge in [-0.15, -0.1) is 0 Å². The molecule has 4 aromatic rings. The fourth-order valence-corrected chi connectivity index (χ4v) is 3.49. The summed E-state index contributed by atoms with van der Waals surface area (Å²) in [6.07, 6.45) is 1.78. The number of hydrogen-bond donors (Lipinski definition) is 1. The van der Waals surface area contributed by atoms with E-state index in [9.17, 15) is 4.79 Å². The summed E-state index contributed by atoms with van der Waals surface area (Å²) in [5.74, 6) is -0.153. The van der Waals surface area contributed by atoms with Gasteiger partial charge in [0.1, 0.15) is 0 Å². The first kappa shape index (κ1) is 19.2. The lowest BCUT2D eigenvalue weighted by atomic mass is 10.0.